The number of thiazole rings is 1. The highest BCUT2D eigenvalue weighted by molar-refractivity contribution is 7.91. The second-order valence-electron chi connectivity index (χ2n) is 7.46. The van der Waals surface area contributed by atoms with Crippen LogP contribution in [0.5, 0.6) is 5.75 Å². The van der Waals surface area contributed by atoms with Crippen molar-refractivity contribution in [3.8, 4) is 5.75 Å². The van der Waals surface area contributed by atoms with Gasteiger partial charge < -0.3 is 20.1 Å². The van der Waals surface area contributed by atoms with Crippen molar-refractivity contribution in [1.29, 1.82) is 0 Å². The topological polar surface area (TPSA) is 108 Å². The minimum absolute atomic E-state index is 0.0422. The lowest BCUT2D eigenvalue weighted by atomic mass is 10.1. The van der Waals surface area contributed by atoms with Crippen molar-refractivity contribution < 1.29 is 22.7 Å². The molecule has 0 aliphatic rings. The van der Waals surface area contributed by atoms with E-state index >= 15 is 0 Å². The van der Waals surface area contributed by atoms with Crippen molar-refractivity contribution in [2.75, 3.05) is 37.8 Å². The van der Waals surface area contributed by atoms with Crippen LogP contribution in [-0.2, 0) is 27.4 Å². The number of hydrogen-bond acceptors (Lipinski definition) is 7. The van der Waals surface area contributed by atoms with Gasteiger partial charge in [-0.3, -0.25) is 4.79 Å². The SMILES string of the molecule is O=c1[nH]c2c(O)ccc(CCNCCS(=O)(=O)CCCOCCc3ccc(F)cc3)c2s1. The minimum atomic E-state index is -3.17. The average molecular weight is 483 g/mol. The molecular weight excluding hydrogens is 455 g/mol. The lowest BCUT2D eigenvalue weighted by Crippen LogP contribution is -2.26. The summed E-state index contributed by atoms with van der Waals surface area (Å²) in [5.74, 6) is -0.113. The molecule has 0 radical (unpaired) electrons. The van der Waals surface area contributed by atoms with Crippen LogP contribution in [0.25, 0.3) is 10.2 Å². The Kier molecular flexibility index (Phi) is 8.80. The molecule has 10 heteroatoms. The Balaban J connectivity index is 1.29. The number of fused-ring (bicyclic) bond motifs is 1. The highest BCUT2D eigenvalue weighted by Gasteiger charge is 2.11. The predicted molar refractivity (Wildman–Crippen MR) is 125 cm³/mol. The van der Waals surface area contributed by atoms with Gasteiger partial charge in [0.15, 0.2) is 9.84 Å². The maximum Gasteiger partial charge on any atom is 0.305 e. The molecule has 174 valence electrons. The molecule has 0 aliphatic heterocycles. The smallest absolute Gasteiger partial charge is 0.305 e. The molecule has 0 unspecified atom stereocenters. The summed E-state index contributed by atoms with van der Waals surface area (Å²) >= 11 is 1.05. The zero-order chi connectivity index (χ0) is 23.0. The van der Waals surface area contributed by atoms with Gasteiger partial charge >= 0.3 is 4.87 Å². The summed E-state index contributed by atoms with van der Waals surface area (Å²) in [4.78, 5) is 13.9. The van der Waals surface area contributed by atoms with E-state index in [4.69, 9.17) is 4.74 Å². The number of sulfone groups is 1. The Labute approximate surface area is 190 Å². The van der Waals surface area contributed by atoms with E-state index in [1.54, 1.807) is 24.3 Å². The van der Waals surface area contributed by atoms with Crippen LogP contribution in [0.4, 0.5) is 4.39 Å². The van der Waals surface area contributed by atoms with E-state index in [0.717, 1.165) is 27.2 Å². The number of hydrogen-bond donors (Lipinski definition) is 3. The van der Waals surface area contributed by atoms with Crippen LogP contribution in [0, 0.1) is 5.82 Å². The number of benzene rings is 2. The molecule has 0 atom stereocenters. The van der Waals surface area contributed by atoms with E-state index < -0.39 is 9.84 Å². The first-order valence-electron chi connectivity index (χ1n) is 10.4. The molecule has 0 bridgehead atoms. The van der Waals surface area contributed by atoms with Gasteiger partial charge in [0.05, 0.1) is 22.8 Å². The van der Waals surface area contributed by atoms with E-state index in [0.29, 0.717) is 51.1 Å². The third kappa shape index (κ3) is 7.40. The quantitative estimate of drug-likeness (QED) is 0.323. The van der Waals surface area contributed by atoms with E-state index in [1.165, 1.54) is 12.1 Å². The Morgan fingerprint density at radius 3 is 2.59 bits per heavy atom. The zero-order valence-corrected chi connectivity index (χ0v) is 19.2. The van der Waals surface area contributed by atoms with Gasteiger partial charge in [-0.1, -0.05) is 29.5 Å². The number of aromatic amines is 1. The Bertz CT molecular complexity index is 1170. The van der Waals surface area contributed by atoms with Gasteiger partial charge in [-0.25, -0.2) is 12.8 Å². The first-order valence-corrected chi connectivity index (χ1v) is 13.0. The van der Waals surface area contributed by atoms with Crippen LogP contribution in [0.15, 0.2) is 41.2 Å². The Hall–Kier alpha value is -2.27. The minimum Gasteiger partial charge on any atom is -0.506 e. The van der Waals surface area contributed by atoms with E-state index in [1.807, 2.05) is 0 Å². The number of H-pyrrole nitrogens is 1. The summed E-state index contributed by atoms with van der Waals surface area (Å²) in [6.07, 6.45) is 1.71. The second kappa shape index (κ2) is 11.6. The van der Waals surface area contributed by atoms with Gasteiger partial charge in [-0.15, -0.1) is 0 Å². The largest absolute Gasteiger partial charge is 0.506 e. The van der Waals surface area contributed by atoms with Gasteiger partial charge in [-0.05, 0) is 55.1 Å². The molecule has 0 saturated heterocycles. The Morgan fingerprint density at radius 2 is 1.81 bits per heavy atom. The van der Waals surface area contributed by atoms with Crippen molar-refractivity contribution in [2.24, 2.45) is 0 Å². The highest BCUT2D eigenvalue weighted by Crippen LogP contribution is 2.27. The Morgan fingerprint density at radius 1 is 1.03 bits per heavy atom. The number of rotatable bonds is 13. The van der Waals surface area contributed by atoms with Crippen molar-refractivity contribution in [3.05, 3.63) is 63.0 Å². The maximum absolute atomic E-state index is 12.9. The fourth-order valence-corrected chi connectivity index (χ4v) is 5.39. The number of phenols is 1. The molecule has 1 heterocycles. The molecule has 1 aromatic heterocycles. The number of halogens is 1. The number of aromatic nitrogens is 1. The van der Waals surface area contributed by atoms with Gasteiger partial charge in [0.1, 0.15) is 17.1 Å². The van der Waals surface area contributed by atoms with Crippen LogP contribution in [0.1, 0.15) is 17.5 Å². The van der Waals surface area contributed by atoms with E-state index in [9.17, 15) is 22.7 Å². The summed E-state index contributed by atoms with van der Waals surface area (Å²) in [6, 6.07) is 9.55. The molecule has 0 spiro atoms. The van der Waals surface area contributed by atoms with Crippen molar-refractivity contribution >= 4 is 31.4 Å². The first-order chi connectivity index (χ1) is 15.3. The fraction of sp³-hybridized carbons (Fsp3) is 0.409. The standard InChI is InChI=1S/C22H27FN2O5S2/c23-18-5-2-16(3-6-18)9-13-30-12-1-14-32(28,29)15-11-24-10-8-17-4-7-19(26)20-21(17)31-22(27)25-20/h2-7,24,26H,1,8-15H2,(H,25,27). The molecule has 3 rings (SSSR count). The first kappa shape index (κ1) is 24.4. The van der Waals surface area contributed by atoms with Gasteiger partial charge in [-0.2, -0.15) is 0 Å². The average Bonchev–Trinajstić information content (AvgIpc) is 3.15. The van der Waals surface area contributed by atoms with Gasteiger partial charge in [0.2, 0.25) is 0 Å². The molecule has 3 N–H and O–H groups in total. The van der Waals surface area contributed by atoms with Crippen LogP contribution < -0.4 is 10.2 Å². The third-order valence-corrected chi connectivity index (χ3v) is 7.69. The molecule has 0 saturated carbocycles. The van der Waals surface area contributed by atoms with Crippen LogP contribution in [-0.4, -0.2) is 56.3 Å². The summed E-state index contributed by atoms with van der Waals surface area (Å²) in [7, 11) is -3.17. The molecule has 0 fully saturated rings. The van der Waals surface area contributed by atoms with Gasteiger partial charge in [0, 0.05) is 13.2 Å². The van der Waals surface area contributed by atoms with Crippen LogP contribution in [0.2, 0.25) is 0 Å². The van der Waals surface area contributed by atoms with Crippen molar-refractivity contribution in [3.63, 3.8) is 0 Å². The summed E-state index contributed by atoms with van der Waals surface area (Å²) in [5.41, 5.74) is 2.35. The summed E-state index contributed by atoms with van der Waals surface area (Å²) in [6.45, 7) is 1.74. The van der Waals surface area contributed by atoms with Crippen molar-refractivity contribution in [1.82, 2.24) is 10.3 Å². The number of phenolic OH excluding ortho intramolecular Hbond substituents is 1. The third-order valence-electron chi connectivity index (χ3n) is 4.99. The zero-order valence-electron chi connectivity index (χ0n) is 17.6. The van der Waals surface area contributed by atoms with Crippen LogP contribution >= 0.6 is 11.3 Å². The second-order valence-corrected chi connectivity index (χ2v) is 10.7. The molecule has 0 aliphatic carbocycles. The molecule has 3 aromatic rings. The lowest BCUT2D eigenvalue weighted by Gasteiger charge is -2.08. The molecule has 7 nitrogen and oxygen atoms in total. The normalized spacial score (nSPS) is 11.9. The van der Waals surface area contributed by atoms with E-state index in [-0.39, 0.29) is 27.9 Å². The molecule has 32 heavy (non-hydrogen) atoms. The van der Waals surface area contributed by atoms with Crippen molar-refractivity contribution in [2.45, 2.75) is 19.3 Å². The monoisotopic (exact) mass is 482 g/mol. The maximum atomic E-state index is 12.9. The van der Waals surface area contributed by atoms with E-state index in [2.05, 4.69) is 10.3 Å². The molecule has 2 aromatic carbocycles. The molecular formula is C22H27FN2O5S2. The number of ether oxygens (including phenoxy) is 1. The fourth-order valence-electron chi connectivity index (χ4n) is 3.27. The summed E-state index contributed by atoms with van der Waals surface area (Å²) < 4.78 is 43.4. The lowest BCUT2D eigenvalue weighted by molar-refractivity contribution is 0.138. The predicted octanol–water partition coefficient (Wildman–Crippen LogP) is 2.63. The number of aromatic hydroxyl groups is 1. The van der Waals surface area contributed by atoms with Gasteiger partial charge in [0.25, 0.3) is 0 Å². The summed E-state index contributed by atoms with van der Waals surface area (Å²) in [5, 5.41) is 12.9. The van der Waals surface area contributed by atoms with Crippen LogP contribution in [0.3, 0.4) is 0 Å². The number of nitrogens with one attached hydrogen (secondary N) is 2. The molecule has 0 amide bonds. The highest BCUT2D eigenvalue weighted by atomic mass is 32.2.